The molecule has 0 radical (unpaired) electrons. The van der Waals surface area contributed by atoms with Crippen LogP contribution in [0.1, 0.15) is 85.2 Å². The number of carboxylic acid groups (broad SMARTS) is 1. The lowest BCUT2D eigenvalue weighted by molar-refractivity contribution is -0.301. The maximum Gasteiger partial charge on any atom is 0.373 e. The van der Waals surface area contributed by atoms with Crippen molar-refractivity contribution in [3.05, 3.63) is 105 Å². The van der Waals surface area contributed by atoms with E-state index in [2.05, 4.69) is 0 Å². The topological polar surface area (TPSA) is 89.9 Å². The maximum atomic E-state index is 11.8. The quantitative estimate of drug-likeness (QED) is 0.193. The number of carbonyl (C=O) groups excluding carboxylic acids is 2. The van der Waals surface area contributed by atoms with Gasteiger partial charge in [0.15, 0.2) is 0 Å². The number of hydrogen-bond acceptors (Lipinski definition) is 5. The van der Waals surface area contributed by atoms with Crippen LogP contribution < -0.4 is 0 Å². The highest BCUT2D eigenvalue weighted by molar-refractivity contribution is 7.59. The predicted molar refractivity (Wildman–Crippen MR) is 162 cm³/mol. The Morgan fingerprint density at radius 2 is 0.949 bits per heavy atom. The van der Waals surface area contributed by atoms with Gasteiger partial charge < -0.3 is 5.11 Å². The van der Waals surface area contributed by atoms with Gasteiger partial charge in [-0.05, 0) is 107 Å². The molecule has 0 amide bonds. The molecule has 0 heterocycles. The largest absolute Gasteiger partial charge is 0.478 e. The Bertz CT molecular complexity index is 1170. The number of aryl methyl sites for hydroxylation is 6. The Morgan fingerprint density at radius 1 is 0.641 bits per heavy atom. The molecule has 1 N–H and O–H groups in total. The summed E-state index contributed by atoms with van der Waals surface area (Å²) in [4.78, 5) is 43.1. The van der Waals surface area contributed by atoms with Gasteiger partial charge in [-0.3, -0.25) is 9.68 Å². The first-order valence-electron chi connectivity index (χ1n) is 12.1. The van der Waals surface area contributed by atoms with Gasteiger partial charge in [0.05, 0.1) is 11.1 Å². The molecular formula is C31H39ClO6S. The molecule has 3 rings (SSSR count). The van der Waals surface area contributed by atoms with Crippen molar-refractivity contribution in [2.45, 2.75) is 67.9 Å². The van der Waals surface area contributed by atoms with Gasteiger partial charge in [0.25, 0.3) is 5.24 Å². The normalized spacial score (nSPS) is 10.1. The van der Waals surface area contributed by atoms with Crippen LogP contribution in [0.2, 0.25) is 0 Å². The van der Waals surface area contributed by atoms with E-state index >= 15 is 0 Å². The van der Waals surface area contributed by atoms with Gasteiger partial charge in [-0.15, -0.1) is 0 Å². The number of carbonyl (C=O) groups is 3. The Balaban J connectivity index is 0.000000563. The van der Waals surface area contributed by atoms with Crippen LogP contribution >= 0.6 is 25.1 Å². The highest BCUT2D eigenvalue weighted by atomic mass is 35.5. The van der Waals surface area contributed by atoms with Gasteiger partial charge in [-0.1, -0.05) is 54.6 Å². The van der Waals surface area contributed by atoms with E-state index in [4.69, 9.17) is 26.5 Å². The molecular weight excluding hydrogens is 536 g/mol. The summed E-state index contributed by atoms with van der Waals surface area (Å²) in [6.07, 6.45) is 0. The van der Waals surface area contributed by atoms with Crippen LogP contribution in [0.3, 0.4) is 0 Å². The smallest absolute Gasteiger partial charge is 0.373 e. The minimum Gasteiger partial charge on any atom is -0.478 e. The zero-order valence-electron chi connectivity index (χ0n) is 24.1. The summed E-state index contributed by atoms with van der Waals surface area (Å²) in [6.45, 7) is 16.6. The van der Waals surface area contributed by atoms with Crippen LogP contribution in [0.4, 0.5) is 0 Å². The molecule has 0 unspecified atom stereocenters. The van der Waals surface area contributed by atoms with Crippen molar-refractivity contribution < 1.29 is 29.3 Å². The molecule has 0 aliphatic heterocycles. The summed E-state index contributed by atoms with van der Waals surface area (Å²) in [6, 6.07) is 16.8. The van der Waals surface area contributed by atoms with Crippen LogP contribution in [-0.2, 0) is 9.78 Å². The van der Waals surface area contributed by atoms with Crippen LogP contribution in [0.25, 0.3) is 0 Å². The zero-order chi connectivity index (χ0) is 29.2. The third kappa shape index (κ3) is 11.6. The van der Waals surface area contributed by atoms with E-state index in [-0.39, 0.29) is 18.7 Å². The zero-order valence-corrected chi connectivity index (χ0v) is 25.8. The molecule has 0 aliphatic carbocycles. The van der Waals surface area contributed by atoms with Crippen molar-refractivity contribution in [1.29, 1.82) is 0 Å². The summed E-state index contributed by atoms with van der Waals surface area (Å²) in [5.74, 6) is -1.29. The van der Waals surface area contributed by atoms with E-state index in [0.29, 0.717) is 16.7 Å². The molecule has 0 saturated heterocycles. The molecule has 3 aromatic carbocycles. The number of hydrogen-bond donors (Lipinski definition) is 1. The minimum absolute atomic E-state index is 0. The summed E-state index contributed by atoms with van der Waals surface area (Å²) >= 11 is 5.37. The number of carboxylic acids is 1. The number of benzene rings is 3. The van der Waals surface area contributed by atoms with E-state index < -0.39 is 17.5 Å². The lowest BCUT2D eigenvalue weighted by Crippen LogP contribution is -2.22. The number of halogens is 1. The fourth-order valence-electron chi connectivity index (χ4n) is 3.62. The third-order valence-corrected chi connectivity index (χ3v) is 5.61. The van der Waals surface area contributed by atoms with Crippen molar-refractivity contribution in [2.24, 2.45) is 0 Å². The minimum atomic E-state index is -0.847. The molecule has 6 nitrogen and oxygen atoms in total. The van der Waals surface area contributed by atoms with E-state index in [9.17, 15) is 14.4 Å². The second kappa shape index (κ2) is 16.1. The summed E-state index contributed by atoms with van der Waals surface area (Å²) in [7, 11) is 0. The van der Waals surface area contributed by atoms with Crippen LogP contribution in [0.5, 0.6) is 0 Å². The molecule has 212 valence electrons. The fraction of sp³-hybridized carbons (Fsp3) is 0.323. The molecule has 8 heteroatoms. The van der Waals surface area contributed by atoms with E-state index in [1.54, 1.807) is 26.0 Å². The number of aromatic carboxylic acids is 1. The Labute approximate surface area is 243 Å². The van der Waals surface area contributed by atoms with Gasteiger partial charge in [0.1, 0.15) is 5.60 Å². The molecule has 0 saturated carbocycles. The molecule has 39 heavy (non-hydrogen) atoms. The highest BCUT2D eigenvalue weighted by Gasteiger charge is 2.19. The average molecular weight is 575 g/mol. The summed E-state index contributed by atoms with van der Waals surface area (Å²) < 4.78 is 0. The Morgan fingerprint density at radius 3 is 1.18 bits per heavy atom. The Hall–Kier alpha value is -3.13. The molecule has 3 aromatic rings. The highest BCUT2D eigenvalue weighted by Crippen LogP contribution is 2.17. The maximum absolute atomic E-state index is 11.8. The fourth-order valence-corrected chi connectivity index (χ4v) is 3.92. The van der Waals surface area contributed by atoms with Gasteiger partial charge in [-0.2, -0.15) is 18.4 Å². The first kappa shape index (κ1) is 35.9. The van der Waals surface area contributed by atoms with Crippen molar-refractivity contribution in [3.63, 3.8) is 0 Å². The first-order chi connectivity index (χ1) is 17.6. The van der Waals surface area contributed by atoms with Crippen LogP contribution in [0.15, 0.2) is 54.6 Å². The van der Waals surface area contributed by atoms with Gasteiger partial charge in [-0.25, -0.2) is 9.59 Å². The second-order valence-electron chi connectivity index (χ2n) is 9.95. The molecule has 0 aliphatic rings. The van der Waals surface area contributed by atoms with Crippen LogP contribution in [-0.4, -0.2) is 27.9 Å². The van der Waals surface area contributed by atoms with Gasteiger partial charge in [0, 0.05) is 5.56 Å². The SMILES string of the molecule is Cc1cccc(C)c1C(=O)Cl.Cc1cccc(C)c1C(=O)O.Cc1cccc(C)c1C(=O)OOC(C)(C)C.S. The summed E-state index contributed by atoms with van der Waals surface area (Å²) in [5.41, 5.74) is 6.43. The van der Waals surface area contributed by atoms with E-state index in [0.717, 1.165) is 33.4 Å². The molecule has 0 fully saturated rings. The molecule has 0 aromatic heterocycles. The van der Waals surface area contributed by atoms with Gasteiger partial charge in [0.2, 0.25) is 0 Å². The van der Waals surface area contributed by atoms with Gasteiger partial charge >= 0.3 is 11.9 Å². The first-order valence-corrected chi connectivity index (χ1v) is 12.5. The monoisotopic (exact) mass is 574 g/mol. The lowest BCUT2D eigenvalue weighted by atomic mass is 10.0. The van der Waals surface area contributed by atoms with Crippen molar-refractivity contribution in [2.75, 3.05) is 0 Å². The third-order valence-electron chi connectivity index (χ3n) is 5.43. The van der Waals surface area contributed by atoms with Crippen molar-refractivity contribution >= 4 is 42.3 Å². The summed E-state index contributed by atoms with van der Waals surface area (Å²) in [5, 5.41) is 8.37. The van der Waals surface area contributed by atoms with E-state index in [1.807, 2.05) is 90.9 Å². The average Bonchev–Trinajstić information content (AvgIpc) is 2.77. The molecule has 0 spiro atoms. The van der Waals surface area contributed by atoms with Crippen LogP contribution in [0, 0.1) is 41.5 Å². The Kier molecular flexibility index (Phi) is 14.8. The number of rotatable bonds is 4. The second-order valence-corrected chi connectivity index (χ2v) is 10.3. The van der Waals surface area contributed by atoms with E-state index in [1.165, 1.54) is 0 Å². The molecule has 0 bridgehead atoms. The van der Waals surface area contributed by atoms with Crippen molar-refractivity contribution in [1.82, 2.24) is 0 Å². The standard InChI is InChI=1S/C13H18O3.C9H9ClO.C9H10O2.H2S/c1-9-7-6-8-10(2)11(9)12(14)15-16-13(3,4)5;2*1-6-4-3-5-7(2)8(6)9(10)11;/h6-8H,1-5H3;3-5H,1-2H3;3-5H,1-2H3,(H,10,11);1H2. The predicted octanol–water partition coefficient (Wildman–Crippen LogP) is 7.99. The molecule has 0 atom stereocenters. The van der Waals surface area contributed by atoms with Crippen molar-refractivity contribution in [3.8, 4) is 0 Å². The lowest BCUT2D eigenvalue weighted by Gasteiger charge is -2.17.